The van der Waals surface area contributed by atoms with E-state index < -0.39 is 0 Å². The van der Waals surface area contributed by atoms with Crippen molar-refractivity contribution in [2.75, 3.05) is 18.5 Å². The predicted molar refractivity (Wildman–Crippen MR) is 114 cm³/mol. The van der Waals surface area contributed by atoms with Gasteiger partial charge in [-0.25, -0.2) is 0 Å². The Bertz CT molecular complexity index is 873. The molecule has 0 bridgehead atoms. The van der Waals surface area contributed by atoms with Gasteiger partial charge in [0.05, 0.1) is 11.7 Å². The second-order valence-electron chi connectivity index (χ2n) is 7.22. The normalized spacial score (nSPS) is 18.5. The largest absolute Gasteiger partial charge is 0.376 e. The molecule has 1 aromatic heterocycles. The minimum Gasteiger partial charge on any atom is -0.376 e. The van der Waals surface area contributed by atoms with Gasteiger partial charge >= 0.3 is 0 Å². The van der Waals surface area contributed by atoms with Gasteiger partial charge in [-0.2, -0.15) is 0 Å². The average Bonchev–Trinajstić information content (AvgIpc) is 3.34. The summed E-state index contributed by atoms with van der Waals surface area (Å²) in [5.74, 6) is -0.305. The fraction of sp³-hybridized carbons (Fsp3) is 0.429. The summed E-state index contributed by atoms with van der Waals surface area (Å²) in [7, 11) is 0. The van der Waals surface area contributed by atoms with E-state index in [4.69, 9.17) is 4.74 Å². The van der Waals surface area contributed by atoms with Gasteiger partial charge < -0.3 is 15.4 Å². The highest BCUT2D eigenvalue weighted by molar-refractivity contribution is 9.10. The van der Waals surface area contributed by atoms with Gasteiger partial charge in [0.2, 0.25) is 0 Å². The second-order valence-corrected chi connectivity index (χ2v) is 9.24. The zero-order valence-electron chi connectivity index (χ0n) is 15.6. The monoisotopic (exact) mass is 462 g/mol. The fourth-order valence-electron chi connectivity index (χ4n) is 3.77. The van der Waals surface area contributed by atoms with E-state index in [-0.39, 0.29) is 17.9 Å². The van der Waals surface area contributed by atoms with E-state index in [0.29, 0.717) is 22.7 Å². The maximum Gasteiger partial charge on any atom is 0.256 e. The van der Waals surface area contributed by atoms with Crippen molar-refractivity contribution in [1.82, 2.24) is 5.32 Å². The summed E-state index contributed by atoms with van der Waals surface area (Å²) < 4.78 is 6.53. The third-order valence-electron chi connectivity index (χ3n) is 5.25. The lowest BCUT2D eigenvalue weighted by molar-refractivity contribution is 0.0858. The van der Waals surface area contributed by atoms with Crippen LogP contribution < -0.4 is 10.6 Å². The molecule has 1 unspecified atom stereocenters. The summed E-state index contributed by atoms with van der Waals surface area (Å²) in [4.78, 5) is 26.9. The lowest BCUT2D eigenvalue weighted by Crippen LogP contribution is -2.32. The van der Waals surface area contributed by atoms with Crippen LogP contribution in [0.2, 0.25) is 0 Å². The number of hydrogen-bond acceptors (Lipinski definition) is 4. The van der Waals surface area contributed by atoms with Crippen molar-refractivity contribution in [3.63, 3.8) is 0 Å². The number of nitrogens with one attached hydrogen (secondary N) is 2. The lowest BCUT2D eigenvalue weighted by atomic mass is 9.95. The molecule has 1 fully saturated rings. The van der Waals surface area contributed by atoms with Crippen LogP contribution in [-0.4, -0.2) is 31.1 Å². The Balaban J connectivity index is 1.55. The van der Waals surface area contributed by atoms with Gasteiger partial charge in [0.1, 0.15) is 5.00 Å². The number of anilines is 1. The van der Waals surface area contributed by atoms with Gasteiger partial charge in [-0.3, -0.25) is 9.59 Å². The number of aryl methyl sites for hydroxylation is 1. The van der Waals surface area contributed by atoms with Crippen LogP contribution in [0.5, 0.6) is 0 Å². The number of carbonyl (C=O) groups excluding carboxylic acids is 2. The molecule has 0 spiro atoms. The number of benzene rings is 1. The third kappa shape index (κ3) is 4.31. The topological polar surface area (TPSA) is 67.4 Å². The number of amides is 2. The number of carbonyl (C=O) groups is 2. The predicted octanol–water partition coefficient (Wildman–Crippen LogP) is 4.55. The van der Waals surface area contributed by atoms with Gasteiger partial charge in [0.15, 0.2) is 0 Å². The Morgan fingerprint density at radius 1 is 1.11 bits per heavy atom. The van der Waals surface area contributed by atoms with E-state index in [1.54, 1.807) is 23.5 Å². The smallest absolute Gasteiger partial charge is 0.256 e. The molecule has 1 aromatic carbocycles. The van der Waals surface area contributed by atoms with Crippen molar-refractivity contribution >= 4 is 44.1 Å². The van der Waals surface area contributed by atoms with Gasteiger partial charge in [-0.15, -0.1) is 11.3 Å². The van der Waals surface area contributed by atoms with Crippen molar-refractivity contribution in [3.05, 3.63) is 50.3 Å². The summed E-state index contributed by atoms with van der Waals surface area (Å²) >= 11 is 4.92. The van der Waals surface area contributed by atoms with E-state index in [2.05, 4.69) is 26.6 Å². The second kappa shape index (κ2) is 8.76. The average molecular weight is 463 g/mol. The summed E-state index contributed by atoms with van der Waals surface area (Å²) in [6, 6.07) is 7.21. The zero-order chi connectivity index (χ0) is 19.5. The quantitative estimate of drug-likeness (QED) is 0.684. The summed E-state index contributed by atoms with van der Waals surface area (Å²) in [5.41, 5.74) is 2.32. The van der Waals surface area contributed by atoms with Crippen LogP contribution in [0.15, 0.2) is 28.7 Å². The Kier molecular flexibility index (Phi) is 6.13. The SMILES string of the molecule is O=C(Nc1sc2c(c1C(=O)NCC1CCCO1)CCCC2)c1ccc(Br)cc1. The molecule has 1 atom stereocenters. The van der Waals surface area contributed by atoms with Crippen LogP contribution in [-0.2, 0) is 17.6 Å². The fourth-order valence-corrected chi connectivity index (χ4v) is 5.32. The molecule has 0 radical (unpaired) electrons. The number of hydrogen-bond donors (Lipinski definition) is 2. The van der Waals surface area contributed by atoms with Crippen LogP contribution in [0.3, 0.4) is 0 Å². The molecule has 28 heavy (non-hydrogen) atoms. The maximum absolute atomic E-state index is 13.0. The Labute approximate surface area is 177 Å². The lowest BCUT2D eigenvalue weighted by Gasteiger charge is -2.15. The Morgan fingerprint density at radius 2 is 1.89 bits per heavy atom. The molecule has 2 amide bonds. The van der Waals surface area contributed by atoms with Gasteiger partial charge in [0, 0.05) is 28.1 Å². The van der Waals surface area contributed by atoms with Crippen LogP contribution in [0, 0.1) is 0 Å². The Hall–Kier alpha value is -1.70. The molecule has 0 saturated carbocycles. The van der Waals surface area contributed by atoms with Crippen molar-refractivity contribution in [2.45, 2.75) is 44.6 Å². The molecule has 2 aromatic rings. The zero-order valence-corrected chi connectivity index (χ0v) is 18.0. The molecule has 2 N–H and O–H groups in total. The number of fused-ring (bicyclic) bond motifs is 1. The number of halogens is 1. The maximum atomic E-state index is 13.0. The number of thiophene rings is 1. The first-order valence-corrected chi connectivity index (χ1v) is 11.3. The molecule has 2 aliphatic rings. The minimum atomic E-state index is -0.195. The standard InChI is InChI=1S/C21H23BrN2O3S/c22-14-9-7-13(8-10-14)19(25)24-21-18(16-5-1-2-6-17(16)28-21)20(26)23-12-15-4-3-11-27-15/h7-10,15H,1-6,11-12H2,(H,23,26)(H,24,25). The Morgan fingerprint density at radius 3 is 2.64 bits per heavy atom. The van der Waals surface area contributed by atoms with Crippen molar-refractivity contribution in [3.8, 4) is 0 Å². The molecule has 148 valence electrons. The third-order valence-corrected chi connectivity index (χ3v) is 6.98. The molecule has 2 heterocycles. The van der Waals surface area contributed by atoms with Gasteiger partial charge in [0.25, 0.3) is 11.8 Å². The van der Waals surface area contributed by atoms with Crippen LogP contribution in [0.1, 0.15) is 56.8 Å². The van der Waals surface area contributed by atoms with E-state index in [9.17, 15) is 9.59 Å². The first kappa shape index (κ1) is 19.6. The molecule has 4 rings (SSSR count). The molecule has 7 heteroatoms. The van der Waals surface area contributed by atoms with Crippen LogP contribution in [0.25, 0.3) is 0 Å². The summed E-state index contributed by atoms with van der Waals surface area (Å²) in [6.45, 7) is 1.28. The van der Waals surface area contributed by atoms with E-state index in [1.807, 2.05) is 12.1 Å². The summed E-state index contributed by atoms with van der Waals surface area (Å²) in [6.07, 6.45) is 6.20. The molecule has 5 nitrogen and oxygen atoms in total. The molecule has 1 aliphatic carbocycles. The highest BCUT2D eigenvalue weighted by atomic mass is 79.9. The highest BCUT2D eigenvalue weighted by Gasteiger charge is 2.27. The van der Waals surface area contributed by atoms with Crippen LogP contribution in [0.4, 0.5) is 5.00 Å². The van der Waals surface area contributed by atoms with E-state index in [1.165, 1.54) is 4.88 Å². The van der Waals surface area contributed by atoms with Crippen molar-refractivity contribution in [2.24, 2.45) is 0 Å². The van der Waals surface area contributed by atoms with E-state index in [0.717, 1.165) is 55.2 Å². The van der Waals surface area contributed by atoms with Gasteiger partial charge in [-0.05, 0) is 68.4 Å². The number of rotatable bonds is 5. The first-order chi connectivity index (χ1) is 13.6. The van der Waals surface area contributed by atoms with Gasteiger partial charge in [-0.1, -0.05) is 15.9 Å². The van der Waals surface area contributed by atoms with Crippen molar-refractivity contribution in [1.29, 1.82) is 0 Å². The molecular formula is C21H23BrN2O3S. The number of ether oxygens (including phenoxy) is 1. The molecular weight excluding hydrogens is 440 g/mol. The highest BCUT2D eigenvalue weighted by Crippen LogP contribution is 2.38. The first-order valence-electron chi connectivity index (χ1n) is 9.73. The van der Waals surface area contributed by atoms with Crippen molar-refractivity contribution < 1.29 is 14.3 Å². The minimum absolute atomic E-state index is 0.0965. The molecule has 1 saturated heterocycles. The molecule has 1 aliphatic heterocycles. The summed E-state index contributed by atoms with van der Waals surface area (Å²) in [5, 5.41) is 6.66. The van der Waals surface area contributed by atoms with Crippen LogP contribution >= 0.6 is 27.3 Å². The van der Waals surface area contributed by atoms with E-state index >= 15 is 0 Å².